The summed E-state index contributed by atoms with van der Waals surface area (Å²) in [5.74, 6) is -1.43. The second-order valence-electron chi connectivity index (χ2n) is 7.28. The van der Waals surface area contributed by atoms with Crippen molar-refractivity contribution in [1.82, 2.24) is 10.2 Å². The van der Waals surface area contributed by atoms with E-state index in [1.807, 2.05) is 6.26 Å². The summed E-state index contributed by atoms with van der Waals surface area (Å²) in [7, 11) is 1.53. The molecule has 3 aliphatic rings. The van der Waals surface area contributed by atoms with Crippen molar-refractivity contribution in [3.8, 4) is 0 Å². The minimum absolute atomic E-state index is 0.191. The molecular formula is C19H22ClN3O4S. The first-order chi connectivity index (χ1) is 13.5. The van der Waals surface area contributed by atoms with Gasteiger partial charge in [-0.1, -0.05) is 23.7 Å². The number of imide groups is 1. The number of carbonyl (C=O) groups excluding carboxylic acids is 3. The van der Waals surface area contributed by atoms with Crippen LogP contribution in [0.25, 0.3) is 0 Å². The van der Waals surface area contributed by atoms with Crippen molar-refractivity contribution >= 4 is 46.8 Å². The first kappa shape index (κ1) is 19.7. The largest absolute Gasteiger partial charge is 0.383 e. The standard InChI is InChI=1S/C19H22ClN3O4S/c1-27-8-7-23-16(24)13-12(6-9-28-2)22-19(14(13)17(23)25)10-4-3-5-11(20)15(10)21-18(19)26/h3-5,12-14,22H,6-9H2,1-2H3,(H,21,26)/t12-,13+,14+,19-/m0/s1. The smallest absolute Gasteiger partial charge is 0.250 e. The highest BCUT2D eigenvalue weighted by Gasteiger charge is 2.70. The highest BCUT2D eigenvalue weighted by Crippen LogP contribution is 2.54. The summed E-state index contributed by atoms with van der Waals surface area (Å²) >= 11 is 7.96. The molecule has 9 heteroatoms. The monoisotopic (exact) mass is 423 g/mol. The number of rotatable bonds is 6. The number of hydrogen-bond acceptors (Lipinski definition) is 6. The van der Waals surface area contributed by atoms with Crippen LogP contribution >= 0.6 is 23.4 Å². The lowest BCUT2D eigenvalue weighted by atomic mass is 9.76. The molecule has 0 aliphatic carbocycles. The Balaban J connectivity index is 1.82. The van der Waals surface area contributed by atoms with Gasteiger partial charge in [0.2, 0.25) is 17.7 Å². The molecule has 3 aliphatic heterocycles. The summed E-state index contributed by atoms with van der Waals surface area (Å²) in [5, 5.41) is 6.64. The Morgan fingerprint density at radius 3 is 2.79 bits per heavy atom. The van der Waals surface area contributed by atoms with Crippen molar-refractivity contribution in [1.29, 1.82) is 0 Å². The summed E-state index contributed by atoms with van der Waals surface area (Å²) in [6, 6.07) is 5.00. The van der Waals surface area contributed by atoms with E-state index in [4.69, 9.17) is 16.3 Å². The maximum atomic E-state index is 13.3. The molecule has 1 spiro atoms. The maximum Gasteiger partial charge on any atom is 0.250 e. The Labute approximate surface area is 172 Å². The second kappa shape index (κ2) is 7.33. The Hall–Kier alpha value is -1.61. The maximum absolute atomic E-state index is 13.3. The minimum Gasteiger partial charge on any atom is -0.383 e. The number of ether oxygens (including phenoxy) is 1. The van der Waals surface area contributed by atoms with Gasteiger partial charge in [-0.15, -0.1) is 0 Å². The van der Waals surface area contributed by atoms with Gasteiger partial charge in [0.25, 0.3) is 0 Å². The number of amides is 3. The molecule has 1 aromatic carbocycles. The van der Waals surface area contributed by atoms with Gasteiger partial charge in [0.15, 0.2) is 0 Å². The quantitative estimate of drug-likeness (QED) is 0.673. The van der Waals surface area contributed by atoms with Crippen LogP contribution in [-0.4, -0.2) is 60.9 Å². The summed E-state index contributed by atoms with van der Waals surface area (Å²) < 4.78 is 5.06. The van der Waals surface area contributed by atoms with E-state index < -0.39 is 17.4 Å². The number of para-hydroxylation sites is 1. The number of fused-ring (bicyclic) bond motifs is 4. The van der Waals surface area contributed by atoms with Gasteiger partial charge >= 0.3 is 0 Å². The summed E-state index contributed by atoms with van der Waals surface area (Å²) in [4.78, 5) is 40.9. The number of nitrogens with zero attached hydrogens (tertiary/aromatic N) is 1. The average Bonchev–Trinajstić information content (AvgIpc) is 3.25. The molecule has 28 heavy (non-hydrogen) atoms. The topological polar surface area (TPSA) is 87.7 Å². The predicted molar refractivity (Wildman–Crippen MR) is 107 cm³/mol. The normalized spacial score (nSPS) is 30.9. The molecule has 0 bridgehead atoms. The zero-order valence-electron chi connectivity index (χ0n) is 15.7. The van der Waals surface area contributed by atoms with E-state index >= 15 is 0 Å². The molecule has 4 atom stereocenters. The highest BCUT2D eigenvalue weighted by atomic mass is 35.5. The zero-order valence-corrected chi connectivity index (χ0v) is 17.2. The van der Waals surface area contributed by atoms with E-state index in [-0.39, 0.29) is 36.9 Å². The summed E-state index contributed by atoms with van der Waals surface area (Å²) in [6.45, 7) is 0.456. The summed E-state index contributed by atoms with van der Waals surface area (Å²) in [5.41, 5.74) is -0.120. The van der Waals surface area contributed by atoms with Crippen molar-refractivity contribution in [2.24, 2.45) is 11.8 Å². The minimum atomic E-state index is -1.28. The van der Waals surface area contributed by atoms with E-state index in [1.54, 1.807) is 30.0 Å². The zero-order chi connectivity index (χ0) is 20.1. The fourth-order valence-electron chi connectivity index (χ4n) is 4.75. The third-order valence-electron chi connectivity index (χ3n) is 5.94. The molecule has 0 saturated carbocycles. The van der Waals surface area contributed by atoms with Crippen LogP contribution in [0, 0.1) is 11.8 Å². The van der Waals surface area contributed by atoms with Crippen LogP contribution in [0.1, 0.15) is 12.0 Å². The fourth-order valence-corrected chi connectivity index (χ4v) is 5.46. The number of halogens is 1. The Kier molecular flexibility index (Phi) is 5.16. The van der Waals surface area contributed by atoms with Crippen LogP contribution in [0.3, 0.4) is 0 Å². The van der Waals surface area contributed by atoms with E-state index in [0.29, 0.717) is 22.7 Å². The van der Waals surface area contributed by atoms with Crippen molar-refractivity contribution in [2.75, 3.05) is 37.6 Å². The molecule has 3 heterocycles. The van der Waals surface area contributed by atoms with Gasteiger partial charge in [-0.05, 0) is 24.5 Å². The van der Waals surface area contributed by atoms with Crippen molar-refractivity contribution in [2.45, 2.75) is 18.0 Å². The van der Waals surface area contributed by atoms with E-state index in [0.717, 1.165) is 5.75 Å². The van der Waals surface area contributed by atoms with Crippen LogP contribution in [-0.2, 0) is 24.7 Å². The molecule has 150 valence electrons. The number of methoxy groups -OCH3 is 1. The molecule has 4 rings (SSSR count). The van der Waals surface area contributed by atoms with Crippen molar-refractivity contribution in [3.63, 3.8) is 0 Å². The lowest BCUT2D eigenvalue weighted by molar-refractivity contribution is -0.143. The summed E-state index contributed by atoms with van der Waals surface area (Å²) in [6.07, 6.45) is 2.68. The van der Waals surface area contributed by atoms with Gasteiger partial charge < -0.3 is 10.1 Å². The molecule has 2 N–H and O–H groups in total. The van der Waals surface area contributed by atoms with Gasteiger partial charge in [-0.2, -0.15) is 11.8 Å². The third kappa shape index (κ3) is 2.62. The predicted octanol–water partition coefficient (Wildman–Crippen LogP) is 1.46. The van der Waals surface area contributed by atoms with Gasteiger partial charge in [0, 0.05) is 18.7 Å². The fraction of sp³-hybridized carbons (Fsp3) is 0.526. The molecule has 3 amide bonds. The van der Waals surface area contributed by atoms with Crippen molar-refractivity contribution in [3.05, 3.63) is 28.8 Å². The Morgan fingerprint density at radius 1 is 1.29 bits per heavy atom. The van der Waals surface area contributed by atoms with Crippen LogP contribution in [0.4, 0.5) is 5.69 Å². The van der Waals surface area contributed by atoms with Gasteiger partial charge in [0.05, 0.1) is 35.7 Å². The number of likely N-dealkylation sites (tertiary alicyclic amines) is 1. The van der Waals surface area contributed by atoms with Crippen LogP contribution < -0.4 is 10.6 Å². The Bertz CT molecular complexity index is 850. The van der Waals surface area contributed by atoms with Crippen LogP contribution in [0.5, 0.6) is 0 Å². The SMILES string of the molecule is COCCN1C(=O)[C@@H]2[C@H](CCSC)N[C@]3(C(=O)Nc4c(Cl)cccc43)[C@H]2C1=O. The number of hydrogen-bond donors (Lipinski definition) is 2. The molecule has 2 saturated heterocycles. The number of anilines is 1. The molecule has 0 unspecified atom stereocenters. The second-order valence-corrected chi connectivity index (χ2v) is 8.67. The van der Waals surface area contributed by atoms with Crippen LogP contribution in [0.2, 0.25) is 5.02 Å². The molecule has 0 radical (unpaired) electrons. The Morgan fingerprint density at radius 2 is 2.07 bits per heavy atom. The molecule has 7 nitrogen and oxygen atoms in total. The molecule has 1 aromatic rings. The first-order valence-electron chi connectivity index (χ1n) is 9.18. The molecule has 2 fully saturated rings. The number of nitrogens with one attached hydrogen (secondary N) is 2. The van der Waals surface area contributed by atoms with Gasteiger partial charge in [0.1, 0.15) is 5.54 Å². The highest BCUT2D eigenvalue weighted by molar-refractivity contribution is 7.98. The number of thioether (sulfide) groups is 1. The van der Waals surface area contributed by atoms with Gasteiger partial charge in [-0.3, -0.25) is 24.6 Å². The van der Waals surface area contributed by atoms with E-state index in [9.17, 15) is 14.4 Å². The number of carbonyl (C=O) groups is 3. The van der Waals surface area contributed by atoms with Crippen LogP contribution in [0.15, 0.2) is 18.2 Å². The first-order valence-corrected chi connectivity index (χ1v) is 11.0. The molecular weight excluding hydrogens is 402 g/mol. The lowest BCUT2D eigenvalue weighted by Crippen LogP contribution is -2.53. The van der Waals surface area contributed by atoms with Crippen molar-refractivity contribution < 1.29 is 19.1 Å². The lowest BCUT2D eigenvalue weighted by Gasteiger charge is -2.29. The van der Waals surface area contributed by atoms with E-state index in [1.165, 1.54) is 12.0 Å². The number of benzene rings is 1. The third-order valence-corrected chi connectivity index (χ3v) is 6.90. The van der Waals surface area contributed by atoms with E-state index in [2.05, 4.69) is 10.6 Å². The average molecular weight is 424 g/mol. The molecule has 0 aromatic heterocycles. The van der Waals surface area contributed by atoms with Gasteiger partial charge in [-0.25, -0.2) is 0 Å².